The van der Waals surface area contributed by atoms with Gasteiger partial charge in [-0.2, -0.15) is 0 Å². The molecule has 0 spiro atoms. The highest BCUT2D eigenvalue weighted by Crippen LogP contribution is 2.02. The van der Waals surface area contributed by atoms with E-state index < -0.39 is 0 Å². The Morgan fingerprint density at radius 1 is 0.818 bits per heavy atom. The molecule has 0 saturated carbocycles. The van der Waals surface area contributed by atoms with Gasteiger partial charge in [-0.25, -0.2) is 4.79 Å². The standard InChI is InChI=1S/C18H19NO3/c20-17(15-9-3-1-4-10-15)19-13-7-8-14-22-18(21)16-11-5-2-6-12-16/h1-6,9-12H,7-8,13-14H2,(H,19,20). The summed E-state index contributed by atoms with van der Waals surface area (Å²) in [6.45, 7) is 0.922. The first-order valence-electron chi connectivity index (χ1n) is 7.33. The second-order valence-electron chi connectivity index (χ2n) is 4.83. The first-order chi connectivity index (χ1) is 10.8. The predicted octanol–water partition coefficient (Wildman–Crippen LogP) is 3.05. The monoisotopic (exact) mass is 297 g/mol. The summed E-state index contributed by atoms with van der Waals surface area (Å²) < 4.78 is 5.17. The van der Waals surface area contributed by atoms with Gasteiger partial charge < -0.3 is 10.1 Å². The Kier molecular flexibility index (Phi) is 6.18. The third-order valence-corrected chi connectivity index (χ3v) is 3.14. The number of carbonyl (C=O) groups excluding carboxylic acids is 2. The van der Waals surface area contributed by atoms with Crippen LogP contribution in [0.5, 0.6) is 0 Å². The van der Waals surface area contributed by atoms with Crippen LogP contribution in [0.3, 0.4) is 0 Å². The zero-order valence-electron chi connectivity index (χ0n) is 12.3. The minimum absolute atomic E-state index is 0.0816. The Morgan fingerprint density at radius 2 is 1.41 bits per heavy atom. The molecular weight excluding hydrogens is 278 g/mol. The molecule has 22 heavy (non-hydrogen) atoms. The van der Waals surface area contributed by atoms with Gasteiger partial charge in [0.2, 0.25) is 0 Å². The van der Waals surface area contributed by atoms with E-state index in [1.165, 1.54) is 0 Å². The van der Waals surface area contributed by atoms with Crippen LogP contribution in [0.4, 0.5) is 0 Å². The largest absolute Gasteiger partial charge is 0.462 e. The van der Waals surface area contributed by atoms with Gasteiger partial charge in [-0.15, -0.1) is 0 Å². The zero-order chi connectivity index (χ0) is 15.6. The molecule has 4 heteroatoms. The maximum absolute atomic E-state index is 11.8. The predicted molar refractivity (Wildman–Crippen MR) is 84.7 cm³/mol. The first-order valence-corrected chi connectivity index (χ1v) is 7.33. The fraction of sp³-hybridized carbons (Fsp3) is 0.222. The minimum Gasteiger partial charge on any atom is -0.462 e. The van der Waals surface area contributed by atoms with Crippen LogP contribution in [0, 0.1) is 0 Å². The molecule has 4 nitrogen and oxygen atoms in total. The van der Waals surface area contributed by atoms with Gasteiger partial charge in [-0.3, -0.25) is 4.79 Å². The van der Waals surface area contributed by atoms with Crippen molar-refractivity contribution in [1.82, 2.24) is 5.32 Å². The molecule has 0 saturated heterocycles. The van der Waals surface area contributed by atoms with Gasteiger partial charge >= 0.3 is 5.97 Å². The van der Waals surface area contributed by atoms with Gasteiger partial charge in [0.25, 0.3) is 5.91 Å². The molecular formula is C18H19NO3. The van der Waals surface area contributed by atoms with E-state index in [0.717, 1.165) is 6.42 Å². The quantitative estimate of drug-likeness (QED) is 0.631. The van der Waals surface area contributed by atoms with E-state index in [2.05, 4.69) is 5.32 Å². The van der Waals surface area contributed by atoms with Crippen molar-refractivity contribution >= 4 is 11.9 Å². The van der Waals surface area contributed by atoms with Gasteiger partial charge in [0.15, 0.2) is 0 Å². The molecule has 0 fully saturated rings. The van der Waals surface area contributed by atoms with Crippen molar-refractivity contribution in [2.24, 2.45) is 0 Å². The lowest BCUT2D eigenvalue weighted by atomic mass is 10.2. The minimum atomic E-state index is -0.311. The highest BCUT2D eigenvalue weighted by Gasteiger charge is 2.06. The maximum Gasteiger partial charge on any atom is 0.338 e. The van der Waals surface area contributed by atoms with Crippen LogP contribution < -0.4 is 5.32 Å². The molecule has 1 amide bonds. The van der Waals surface area contributed by atoms with Crippen molar-refractivity contribution in [3.8, 4) is 0 Å². The van der Waals surface area contributed by atoms with Crippen molar-refractivity contribution in [3.63, 3.8) is 0 Å². The summed E-state index contributed by atoms with van der Waals surface area (Å²) in [5, 5.41) is 2.84. The molecule has 2 aromatic carbocycles. The maximum atomic E-state index is 11.8. The summed E-state index contributed by atoms with van der Waals surface area (Å²) >= 11 is 0. The van der Waals surface area contributed by atoms with E-state index in [-0.39, 0.29) is 11.9 Å². The Morgan fingerprint density at radius 3 is 2.05 bits per heavy atom. The molecule has 0 aliphatic carbocycles. The second-order valence-corrected chi connectivity index (χ2v) is 4.83. The molecule has 0 aromatic heterocycles. The molecule has 1 N–H and O–H groups in total. The lowest BCUT2D eigenvalue weighted by Crippen LogP contribution is -2.24. The van der Waals surface area contributed by atoms with E-state index >= 15 is 0 Å². The highest BCUT2D eigenvalue weighted by atomic mass is 16.5. The fourth-order valence-electron chi connectivity index (χ4n) is 1.94. The van der Waals surface area contributed by atoms with Gasteiger partial charge in [0.1, 0.15) is 0 Å². The van der Waals surface area contributed by atoms with E-state index in [1.807, 2.05) is 24.3 Å². The molecule has 0 aliphatic rings. The normalized spacial score (nSPS) is 10.0. The van der Waals surface area contributed by atoms with Crippen LogP contribution in [0.15, 0.2) is 60.7 Å². The van der Waals surface area contributed by atoms with Crippen molar-refractivity contribution in [2.75, 3.05) is 13.2 Å². The smallest absolute Gasteiger partial charge is 0.338 e. The third kappa shape index (κ3) is 5.05. The summed E-state index contributed by atoms with van der Waals surface area (Å²) in [6, 6.07) is 18.0. The van der Waals surface area contributed by atoms with Gasteiger partial charge in [0.05, 0.1) is 12.2 Å². The molecule has 2 aromatic rings. The molecule has 0 heterocycles. The second kappa shape index (κ2) is 8.62. The number of amides is 1. The summed E-state index contributed by atoms with van der Waals surface area (Å²) in [6.07, 6.45) is 1.48. The van der Waals surface area contributed by atoms with Crippen LogP contribution in [-0.4, -0.2) is 25.0 Å². The van der Waals surface area contributed by atoms with Crippen LogP contribution in [0.25, 0.3) is 0 Å². The molecule has 0 radical (unpaired) electrons. The molecule has 114 valence electrons. The van der Waals surface area contributed by atoms with Crippen LogP contribution in [-0.2, 0) is 4.74 Å². The molecule has 0 unspecified atom stereocenters. The molecule has 0 bridgehead atoms. The van der Waals surface area contributed by atoms with Crippen LogP contribution in [0.1, 0.15) is 33.6 Å². The summed E-state index contributed by atoms with van der Waals surface area (Å²) in [5.74, 6) is -0.393. The molecule has 0 atom stereocenters. The number of benzene rings is 2. The van der Waals surface area contributed by atoms with Crippen molar-refractivity contribution in [3.05, 3.63) is 71.8 Å². The average molecular weight is 297 g/mol. The van der Waals surface area contributed by atoms with Crippen molar-refractivity contribution in [2.45, 2.75) is 12.8 Å². The zero-order valence-corrected chi connectivity index (χ0v) is 12.3. The number of rotatable bonds is 7. The third-order valence-electron chi connectivity index (χ3n) is 3.14. The number of nitrogens with one attached hydrogen (secondary N) is 1. The molecule has 0 aliphatic heterocycles. The fourth-order valence-corrected chi connectivity index (χ4v) is 1.94. The lowest BCUT2D eigenvalue weighted by Gasteiger charge is -2.06. The van der Waals surface area contributed by atoms with Crippen LogP contribution >= 0.6 is 0 Å². The van der Waals surface area contributed by atoms with E-state index in [9.17, 15) is 9.59 Å². The van der Waals surface area contributed by atoms with Gasteiger partial charge in [-0.05, 0) is 37.1 Å². The summed E-state index contributed by atoms with van der Waals surface area (Å²) in [7, 11) is 0. The van der Waals surface area contributed by atoms with Crippen molar-refractivity contribution < 1.29 is 14.3 Å². The summed E-state index contributed by atoms with van der Waals surface area (Å²) in [5.41, 5.74) is 1.21. The molecule has 2 rings (SSSR count). The number of carbonyl (C=O) groups is 2. The van der Waals surface area contributed by atoms with Crippen LogP contribution in [0.2, 0.25) is 0 Å². The van der Waals surface area contributed by atoms with Gasteiger partial charge in [-0.1, -0.05) is 36.4 Å². The van der Waals surface area contributed by atoms with E-state index in [4.69, 9.17) is 4.74 Å². The average Bonchev–Trinajstić information content (AvgIpc) is 2.59. The Labute approximate surface area is 130 Å². The number of esters is 1. The Bertz CT molecular complexity index is 541. The number of ether oxygens (including phenoxy) is 1. The lowest BCUT2D eigenvalue weighted by molar-refractivity contribution is 0.0497. The number of hydrogen-bond acceptors (Lipinski definition) is 3. The first kappa shape index (κ1) is 15.8. The Hall–Kier alpha value is -2.62. The van der Waals surface area contributed by atoms with E-state index in [1.54, 1.807) is 36.4 Å². The SMILES string of the molecule is O=C(NCCCCOC(=O)c1ccccc1)c1ccccc1. The van der Waals surface area contributed by atoms with Crippen molar-refractivity contribution in [1.29, 1.82) is 0 Å². The highest BCUT2D eigenvalue weighted by molar-refractivity contribution is 5.94. The van der Waals surface area contributed by atoms with E-state index in [0.29, 0.717) is 30.7 Å². The topological polar surface area (TPSA) is 55.4 Å². The Balaban J connectivity index is 1.58. The number of hydrogen-bond donors (Lipinski definition) is 1. The number of unbranched alkanes of at least 4 members (excludes halogenated alkanes) is 1. The summed E-state index contributed by atoms with van der Waals surface area (Å²) in [4.78, 5) is 23.5. The van der Waals surface area contributed by atoms with Gasteiger partial charge in [0, 0.05) is 12.1 Å².